The van der Waals surface area contributed by atoms with Gasteiger partial charge in [-0.15, -0.1) is 0 Å². The van der Waals surface area contributed by atoms with Crippen LogP contribution in [-0.4, -0.2) is 10.1 Å². The summed E-state index contributed by atoms with van der Waals surface area (Å²) in [5.74, 6) is -0.320. The van der Waals surface area contributed by atoms with Crippen molar-refractivity contribution >= 4 is 0 Å². The van der Waals surface area contributed by atoms with Crippen LogP contribution < -0.4 is 4.74 Å². The third-order valence-electron chi connectivity index (χ3n) is 3.06. The summed E-state index contributed by atoms with van der Waals surface area (Å²) >= 11 is 0. The number of ether oxygens (including phenoxy) is 1. The van der Waals surface area contributed by atoms with Crippen molar-refractivity contribution in [3.05, 3.63) is 41.0 Å². The summed E-state index contributed by atoms with van der Waals surface area (Å²) in [5, 5.41) is 3.69. The van der Waals surface area contributed by atoms with E-state index >= 15 is 0 Å². The first-order valence-corrected chi connectivity index (χ1v) is 7.02. The number of hydrogen-bond donors (Lipinski definition) is 0. The molecule has 138 valence electrons. The van der Waals surface area contributed by atoms with Crippen LogP contribution in [0.15, 0.2) is 22.7 Å². The highest BCUT2D eigenvalue weighted by molar-refractivity contribution is 5.37. The van der Waals surface area contributed by atoms with Crippen molar-refractivity contribution in [3.63, 3.8) is 0 Å². The van der Waals surface area contributed by atoms with Gasteiger partial charge in [-0.05, 0) is 18.2 Å². The molecule has 0 unspecified atom stereocenters. The van der Waals surface area contributed by atoms with E-state index < -0.39 is 41.3 Å². The second-order valence-electron chi connectivity index (χ2n) is 6.29. The molecule has 0 aliphatic heterocycles. The highest BCUT2D eigenvalue weighted by Gasteiger charge is 2.37. The van der Waals surface area contributed by atoms with Crippen molar-refractivity contribution in [1.29, 1.82) is 0 Å². The highest BCUT2D eigenvalue weighted by Crippen LogP contribution is 2.38. The molecule has 0 spiro atoms. The summed E-state index contributed by atoms with van der Waals surface area (Å²) in [6, 6.07) is 0.990. The number of benzene rings is 1. The van der Waals surface area contributed by atoms with Crippen LogP contribution >= 0.6 is 0 Å². The average molecular weight is 368 g/mol. The average Bonchev–Trinajstić information content (AvgIpc) is 2.92. The summed E-state index contributed by atoms with van der Waals surface area (Å²) in [6.07, 6.45) is -9.88. The molecule has 0 radical (unpaired) electrons. The molecule has 2 aromatic rings. The largest absolute Gasteiger partial charge is 0.484 e. The van der Waals surface area contributed by atoms with Gasteiger partial charge in [-0.25, -0.2) is 0 Å². The number of hydrogen-bond acceptors (Lipinski definition) is 4. The fourth-order valence-electron chi connectivity index (χ4n) is 1.77. The smallest absolute Gasteiger partial charge is 0.416 e. The molecule has 25 heavy (non-hydrogen) atoms. The summed E-state index contributed by atoms with van der Waals surface area (Å²) in [5.41, 5.74) is -3.35. The molecule has 10 heteroatoms. The molecule has 0 bridgehead atoms. The van der Waals surface area contributed by atoms with Crippen molar-refractivity contribution in [1.82, 2.24) is 10.1 Å². The quantitative estimate of drug-likeness (QED) is 0.717. The number of alkyl halides is 6. The van der Waals surface area contributed by atoms with Gasteiger partial charge in [0.05, 0.1) is 11.1 Å². The van der Waals surface area contributed by atoms with Crippen molar-refractivity contribution in [2.45, 2.75) is 45.1 Å². The molecule has 0 aliphatic rings. The third-order valence-corrected chi connectivity index (χ3v) is 3.06. The summed E-state index contributed by atoms with van der Waals surface area (Å²) < 4.78 is 86.5. The minimum absolute atomic E-state index is 0.0251. The van der Waals surface area contributed by atoms with E-state index in [0.717, 1.165) is 0 Å². The first-order valence-electron chi connectivity index (χ1n) is 7.02. The van der Waals surface area contributed by atoms with Crippen LogP contribution in [0.4, 0.5) is 26.3 Å². The standard InChI is InChI=1S/C15H14F6N2O2/c1-13(2,3)12-22-11(25-23-12)7-24-10-5-8(14(16,17)18)4-9(6-10)15(19,20)21/h4-6H,7H2,1-3H3. The van der Waals surface area contributed by atoms with Gasteiger partial charge in [-0.1, -0.05) is 25.9 Å². The number of halogens is 6. The lowest BCUT2D eigenvalue weighted by molar-refractivity contribution is -0.143. The molecule has 2 rings (SSSR count). The van der Waals surface area contributed by atoms with E-state index in [0.29, 0.717) is 18.0 Å². The zero-order chi connectivity index (χ0) is 19.0. The highest BCUT2D eigenvalue weighted by atomic mass is 19.4. The molecule has 0 N–H and O–H groups in total. The van der Waals surface area contributed by atoms with Crippen LogP contribution in [0.5, 0.6) is 5.75 Å². The second-order valence-corrected chi connectivity index (χ2v) is 6.29. The fourth-order valence-corrected chi connectivity index (χ4v) is 1.77. The molecule has 0 fully saturated rings. The van der Waals surface area contributed by atoms with Gasteiger partial charge >= 0.3 is 12.4 Å². The van der Waals surface area contributed by atoms with Gasteiger partial charge in [0.15, 0.2) is 12.4 Å². The Morgan fingerprint density at radius 3 is 1.84 bits per heavy atom. The van der Waals surface area contributed by atoms with E-state index in [1.54, 1.807) is 0 Å². The molecule has 0 aliphatic carbocycles. The van der Waals surface area contributed by atoms with Crippen molar-refractivity contribution in [2.24, 2.45) is 0 Å². The number of rotatable bonds is 3. The molecule has 0 amide bonds. The van der Waals surface area contributed by atoms with Gasteiger partial charge in [0, 0.05) is 5.41 Å². The Labute approximate surface area is 138 Å². The monoisotopic (exact) mass is 368 g/mol. The Bertz CT molecular complexity index is 711. The van der Waals surface area contributed by atoms with Gasteiger partial charge < -0.3 is 9.26 Å². The zero-order valence-corrected chi connectivity index (χ0v) is 13.4. The Morgan fingerprint density at radius 1 is 0.920 bits per heavy atom. The Balaban J connectivity index is 2.25. The van der Waals surface area contributed by atoms with Crippen molar-refractivity contribution in [2.75, 3.05) is 0 Å². The molecule has 1 aromatic carbocycles. The maximum Gasteiger partial charge on any atom is 0.416 e. The molecule has 0 saturated carbocycles. The topological polar surface area (TPSA) is 48.2 Å². The van der Waals surface area contributed by atoms with E-state index in [-0.39, 0.29) is 12.0 Å². The van der Waals surface area contributed by atoms with Crippen molar-refractivity contribution < 1.29 is 35.6 Å². The maximum absolute atomic E-state index is 12.8. The van der Waals surface area contributed by atoms with Crippen LogP contribution in [0.1, 0.15) is 43.6 Å². The lowest BCUT2D eigenvalue weighted by atomic mass is 9.96. The number of nitrogens with zero attached hydrogens (tertiary/aromatic N) is 2. The normalized spacial score (nSPS) is 13.2. The second kappa shape index (κ2) is 6.23. The van der Waals surface area contributed by atoms with Crippen LogP contribution in [0.3, 0.4) is 0 Å². The van der Waals surface area contributed by atoms with E-state index in [9.17, 15) is 26.3 Å². The first-order chi connectivity index (χ1) is 11.3. The van der Waals surface area contributed by atoms with Crippen LogP contribution in [0, 0.1) is 0 Å². The van der Waals surface area contributed by atoms with Gasteiger partial charge in [-0.3, -0.25) is 0 Å². The third kappa shape index (κ3) is 4.86. The Kier molecular flexibility index (Phi) is 4.75. The SMILES string of the molecule is CC(C)(C)c1noc(COc2cc(C(F)(F)F)cc(C(F)(F)F)c2)n1. The molecule has 0 saturated heterocycles. The molecule has 1 aromatic heterocycles. The molecular formula is C15H14F6N2O2. The van der Waals surface area contributed by atoms with Crippen molar-refractivity contribution in [3.8, 4) is 5.75 Å². The van der Waals surface area contributed by atoms with E-state index in [1.807, 2.05) is 20.8 Å². The summed E-state index contributed by atoms with van der Waals surface area (Å²) in [6.45, 7) is 4.97. The first kappa shape index (κ1) is 19.1. The summed E-state index contributed by atoms with van der Waals surface area (Å²) in [4.78, 5) is 3.99. The molecule has 1 heterocycles. The summed E-state index contributed by atoms with van der Waals surface area (Å²) in [7, 11) is 0. The Morgan fingerprint density at radius 2 is 1.44 bits per heavy atom. The minimum atomic E-state index is -4.94. The fraction of sp³-hybridized carbons (Fsp3) is 0.467. The lowest BCUT2D eigenvalue weighted by Crippen LogP contribution is -2.13. The number of aromatic nitrogens is 2. The van der Waals surface area contributed by atoms with E-state index in [2.05, 4.69) is 10.1 Å². The van der Waals surface area contributed by atoms with Gasteiger partial charge in [0.2, 0.25) is 0 Å². The van der Waals surface area contributed by atoms with Crippen LogP contribution in [0.25, 0.3) is 0 Å². The van der Waals surface area contributed by atoms with Gasteiger partial charge in [0.1, 0.15) is 5.75 Å². The molecular weight excluding hydrogens is 354 g/mol. The van der Waals surface area contributed by atoms with Gasteiger partial charge in [-0.2, -0.15) is 31.3 Å². The predicted molar refractivity (Wildman–Crippen MR) is 73.8 cm³/mol. The van der Waals surface area contributed by atoms with Crippen LogP contribution in [-0.2, 0) is 24.4 Å². The molecule has 4 nitrogen and oxygen atoms in total. The lowest BCUT2D eigenvalue weighted by Gasteiger charge is -2.14. The predicted octanol–water partition coefficient (Wildman–Crippen LogP) is 4.98. The minimum Gasteiger partial charge on any atom is -0.484 e. The van der Waals surface area contributed by atoms with Crippen LogP contribution in [0.2, 0.25) is 0 Å². The van der Waals surface area contributed by atoms with Gasteiger partial charge in [0.25, 0.3) is 5.89 Å². The molecule has 0 atom stereocenters. The van der Waals surface area contributed by atoms with E-state index in [4.69, 9.17) is 9.26 Å². The Hall–Kier alpha value is -2.26. The maximum atomic E-state index is 12.8. The zero-order valence-electron chi connectivity index (χ0n) is 13.4. The van der Waals surface area contributed by atoms with E-state index in [1.165, 1.54) is 0 Å².